The highest BCUT2D eigenvalue weighted by Crippen LogP contribution is 2.16. The maximum atomic E-state index is 5.23. The minimum absolute atomic E-state index is 0.303. The van der Waals surface area contributed by atoms with E-state index in [0.717, 1.165) is 19.6 Å². The van der Waals surface area contributed by atoms with Crippen LogP contribution in [0.25, 0.3) is 0 Å². The maximum absolute atomic E-state index is 5.23. The molecular formula is C14H27N3. The second kappa shape index (κ2) is 6.39. The van der Waals surface area contributed by atoms with E-state index in [2.05, 4.69) is 48.7 Å². The van der Waals surface area contributed by atoms with Gasteiger partial charge in [-0.05, 0) is 27.7 Å². The topological polar surface area (TPSA) is 18.5 Å². The van der Waals surface area contributed by atoms with Crippen molar-refractivity contribution in [3.8, 4) is 12.3 Å². The predicted molar refractivity (Wildman–Crippen MR) is 74.1 cm³/mol. The lowest BCUT2D eigenvalue weighted by Crippen LogP contribution is -2.56. The molecule has 1 atom stereocenters. The normalized spacial score (nSPS) is 21.1. The fourth-order valence-electron chi connectivity index (χ4n) is 2.32. The average Bonchev–Trinajstić information content (AvgIpc) is 2.28. The van der Waals surface area contributed by atoms with Gasteiger partial charge in [-0.25, -0.2) is 0 Å². The van der Waals surface area contributed by atoms with Gasteiger partial charge in [0.15, 0.2) is 0 Å². The van der Waals surface area contributed by atoms with Crippen LogP contribution >= 0.6 is 0 Å². The lowest BCUT2D eigenvalue weighted by molar-refractivity contribution is 0.0458. The molecule has 1 heterocycles. The van der Waals surface area contributed by atoms with Gasteiger partial charge in [0, 0.05) is 44.3 Å². The fourth-order valence-corrected chi connectivity index (χ4v) is 2.32. The van der Waals surface area contributed by atoms with Crippen LogP contribution in [0.3, 0.4) is 0 Å². The molecule has 0 spiro atoms. The molecule has 1 fully saturated rings. The van der Waals surface area contributed by atoms with Crippen LogP contribution in [0.2, 0.25) is 0 Å². The van der Waals surface area contributed by atoms with Crippen molar-refractivity contribution in [2.24, 2.45) is 0 Å². The molecule has 0 bridgehead atoms. The second-order valence-corrected chi connectivity index (χ2v) is 5.88. The van der Waals surface area contributed by atoms with Crippen molar-refractivity contribution in [3.63, 3.8) is 0 Å². The standard InChI is InChI=1S/C14H27N3/c1-6-7-15-12-13(2)16-8-10-17(11-9-16)14(3,4)5/h1,13,15H,7-12H2,2-5H3. The first-order valence-corrected chi connectivity index (χ1v) is 6.58. The van der Waals surface area contributed by atoms with Crippen LogP contribution in [-0.2, 0) is 0 Å². The summed E-state index contributed by atoms with van der Waals surface area (Å²) < 4.78 is 0. The number of hydrogen-bond acceptors (Lipinski definition) is 3. The highest BCUT2D eigenvalue weighted by Gasteiger charge is 2.27. The van der Waals surface area contributed by atoms with Crippen LogP contribution in [0.5, 0.6) is 0 Å². The number of rotatable bonds is 4. The molecule has 3 nitrogen and oxygen atoms in total. The van der Waals surface area contributed by atoms with Gasteiger partial charge in [0.2, 0.25) is 0 Å². The Bertz CT molecular complexity index is 254. The molecule has 3 heteroatoms. The van der Waals surface area contributed by atoms with Gasteiger partial charge in [-0.1, -0.05) is 5.92 Å². The summed E-state index contributed by atoms with van der Waals surface area (Å²) in [6.07, 6.45) is 5.23. The molecule has 1 aliphatic rings. The first-order chi connectivity index (χ1) is 7.95. The van der Waals surface area contributed by atoms with Gasteiger partial charge in [0.1, 0.15) is 0 Å². The number of nitrogens with zero attached hydrogens (tertiary/aromatic N) is 2. The molecule has 0 aromatic carbocycles. The Morgan fingerprint density at radius 1 is 1.24 bits per heavy atom. The van der Waals surface area contributed by atoms with Gasteiger partial charge >= 0.3 is 0 Å². The molecule has 0 aromatic rings. The number of nitrogens with one attached hydrogen (secondary N) is 1. The monoisotopic (exact) mass is 237 g/mol. The molecule has 1 aliphatic heterocycles. The minimum atomic E-state index is 0.303. The smallest absolute Gasteiger partial charge is 0.0574 e. The molecule has 0 amide bonds. The van der Waals surface area contributed by atoms with Gasteiger partial charge in [-0.15, -0.1) is 6.42 Å². The fraction of sp³-hybridized carbons (Fsp3) is 0.857. The molecule has 1 saturated heterocycles. The highest BCUT2D eigenvalue weighted by atomic mass is 15.3. The third kappa shape index (κ3) is 4.67. The Balaban J connectivity index is 2.29. The molecule has 0 saturated carbocycles. The van der Waals surface area contributed by atoms with Gasteiger partial charge < -0.3 is 5.32 Å². The van der Waals surface area contributed by atoms with Gasteiger partial charge in [0.25, 0.3) is 0 Å². The van der Waals surface area contributed by atoms with E-state index in [1.54, 1.807) is 0 Å². The quantitative estimate of drug-likeness (QED) is 0.582. The van der Waals surface area contributed by atoms with Gasteiger partial charge in [-0.2, -0.15) is 0 Å². The summed E-state index contributed by atoms with van der Waals surface area (Å²) in [5.74, 6) is 2.62. The number of piperazine rings is 1. The minimum Gasteiger partial charge on any atom is -0.305 e. The van der Waals surface area contributed by atoms with E-state index >= 15 is 0 Å². The lowest BCUT2D eigenvalue weighted by Gasteiger charge is -2.44. The summed E-state index contributed by atoms with van der Waals surface area (Å²) in [5.41, 5.74) is 0.303. The predicted octanol–water partition coefficient (Wildman–Crippen LogP) is 1.01. The van der Waals surface area contributed by atoms with E-state index < -0.39 is 0 Å². The molecule has 0 aromatic heterocycles. The van der Waals surface area contributed by atoms with Crippen LogP contribution in [-0.4, -0.2) is 60.6 Å². The van der Waals surface area contributed by atoms with E-state index in [-0.39, 0.29) is 0 Å². The van der Waals surface area contributed by atoms with Gasteiger partial charge in [-0.3, -0.25) is 9.80 Å². The Labute approximate surface area is 107 Å². The second-order valence-electron chi connectivity index (χ2n) is 5.88. The molecule has 0 aliphatic carbocycles. The van der Waals surface area contributed by atoms with Gasteiger partial charge in [0.05, 0.1) is 6.54 Å². The summed E-state index contributed by atoms with van der Waals surface area (Å²) >= 11 is 0. The van der Waals surface area contributed by atoms with Crippen LogP contribution < -0.4 is 5.32 Å². The zero-order valence-corrected chi connectivity index (χ0v) is 11.8. The molecule has 1 unspecified atom stereocenters. The number of hydrogen-bond donors (Lipinski definition) is 1. The summed E-state index contributed by atoms with van der Waals surface area (Å²) in [7, 11) is 0. The van der Waals surface area contributed by atoms with E-state index in [4.69, 9.17) is 6.42 Å². The van der Waals surface area contributed by atoms with Crippen molar-refractivity contribution in [3.05, 3.63) is 0 Å². The Hall–Kier alpha value is -0.560. The van der Waals surface area contributed by atoms with Crippen LogP contribution in [0.15, 0.2) is 0 Å². The first-order valence-electron chi connectivity index (χ1n) is 6.58. The van der Waals surface area contributed by atoms with E-state index in [0.29, 0.717) is 18.1 Å². The zero-order chi connectivity index (χ0) is 12.9. The Morgan fingerprint density at radius 2 is 1.82 bits per heavy atom. The molecule has 17 heavy (non-hydrogen) atoms. The molecule has 1 N–H and O–H groups in total. The summed E-state index contributed by atoms with van der Waals surface area (Å²) in [4.78, 5) is 5.11. The molecule has 98 valence electrons. The summed E-state index contributed by atoms with van der Waals surface area (Å²) in [6.45, 7) is 15.5. The largest absolute Gasteiger partial charge is 0.305 e. The zero-order valence-electron chi connectivity index (χ0n) is 11.8. The maximum Gasteiger partial charge on any atom is 0.0574 e. The van der Waals surface area contributed by atoms with Crippen molar-refractivity contribution >= 4 is 0 Å². The van der Waals surface area contributed by atoms with Crippen LogP contribution in [0, 0.1) is 12.3 Å². The highest BCUT2D eigenvalue weighted by molar-refractivity contribution is 4.88. The molecule has 1 rings (SSSR count). The van der Waals surface area contributed by atoms with Crippen molar-refractivity contribution in [1.29, 1.82) is 0 Å². The molecule has 0 radical (unpaired) electrons. The SMILES string of the molecule is C#CCNCC(C)N1CCN(C(C)(C)C)CC1. The molecular weight excluding hydrogens is 210 g/mol. The van der Waals surface area contributed by atoms with Crippen LogP contribution in [0.1, 0.15) is 27.7 Å². The summed E-state index contributed by atoms with van der Waals surface area (Å²) in [5, 5.41) is 3.28. The third-order valence-electron chi connectivity index (χ3n) is 3.55. The lowest BCUT2D eigenvalue weighted by atomic mass is 10.0. The summed E-state index contributed by atoms with van der Waals surface area (Å²) in [6, 6.07) is 0.575. The van der Waals surface area contributed by atoms with E-state index in [9.17, 15) is 0 Å². The first kappa shape index (κ1) is 14.5. The third-order valence-corrected chi connectivity index (χ3v) is 3.55. The van der Waals surface area contributed by atoms with Crippen LogP contribution in [0.4, 0.5) is 0 Å². The van der Waals surface area contributed by atoms with Crippen molar-refractivity contribution in [2.45, 2.75) is 39.3 Å². The Kier molecular flexibility index (Phi) is 5.45. The number of terminal acetylenes is 1. The van der Waals surface area contributed by atoms with Crippen molar-refractivity contribution in [2.75, 3.05) is 39.3 Å². The van der Waals surface area contributed by atoms with E-state index in [1.807, 2.05) is 0 Å². The van der Waals surface area contributed by atoms with E-state index in [1.165, 1.54) is 13.1 Å². The average molecular weight is 237 g/mol. The van der Waals surface area contributed by atoms with Crippen molar-refractivity contribution < 1.29 is 0 Å². The van der Waals surface area contributed by atoms with Crippen molar-refractivity contribution in [1.82, 2.24) is 15.1 Å². The Morgan fingerprint density at radius 3 is 2.29 bits per heavy atom.